The third-order valence-electron chi connectivity index (χ3n) is 4.27. The monoisotopic (exact) mass is 353 g/mol. The number of carbonyl (C=O) groups is 2. The van der Waals surface area contributed by atoms with Gasteiger partial charge in [-0.3, -0.25) is 9.59 Å². The lowest BCUT2D eigenvalue weighted by molar-refractivity contribution is -0.140. The highest BCUT2D eigenvalue weighted by atomic mass is 16.5. The number of aryl methyl sites for hydroxylation is 1. The molecule has 0 radical (unpaired) electrons. The highest BCUT2D eigenvalue weighted by Gasteiger charge is 2.28. The van der Waals surface area contributed by atoms with Gasteiger partial charge in [0.1, 0.15) is 0 Å². The molecule has 1 aliphatic heterocycles. The third-order valence-corrected chi connectivity index (χ3v) is 4.27. The lowest BCUT2D eigenvalue weighted by atomic mass is 10.1. The van der Waals surface area contributed by atoms with E-state index < -0.39 is 5.97 Å². The maximum Gasteiger partial charge on any atom is 0.303 e. The standard InChI is InChI=1S/C17H27N3O5/c1-13-18-19-17(25-13)14-12-20(10-11-24-14)15(21)8-6-4-2-3-5-7-9-16(22)23/h14H,2-12H2,1H3,(H,22,23). The van der Waals surface area contributed by atoms with E-state index in [0.29, 0.717) is 37.9 Å². The Labute approximate surface area is 147 Å². The number of ether oxygens (including phenoxy) is 1. The van der Waals surface area contributed by atoms with Crippen molar-refractivity contribution >= 4 is 11.9 Å². The smallest absolute Gasteiger partial charge is 0.303 e. The minimum atomic E-state index is -0.731. The highest BCUT2D eigenvalue weighted by molar-refractivity contribution is 5.76. The molecule has 0 saturated carbocycles. The Balaban J connectivity index is 1.59. The molecule has 1 aromatic heterocycles. The first kappa shape index (κ1) is 19.4. The van der Waals surface area contributed by atoms with E-state index in [-0.39, 0.29) is 18.4 Å². The second-order valence-corrected chi connectivity index (χ2v) is 6.37. The molecule has 0 bridgehead atoms. The van der Waals surface area contributed by atoms with Crippen LogP contribution in [0.3, 0.4) is 0 Å². The number of hydrogen-bond donors (Lipinski definition) is 1. The largest absolute Gasteiger partial charge is 0.481 e. The van der Waals surface area contributed by atoms with Crippen LogP contribution in [0.1, 0.15) is 69.3 Å². The molecule has 0 spiro atoms. The Morgan fingerprint density at radius 1 is 1.12 bits per heavy atom. The van der Waals surface area contributed by atoms with Crippen molar-refractivity contribution in [1.29, 1.82) is 0 Å². The number of unbranched alkanes of at least 4 members (excludes halogenated alkanes) is 5. The van der Waals surface area contributed by atoms with Gasteiger partial charge >= 0.3 is 5.97 Å². The Hall–Kier alpha value is -1.96. The Morgan fingerprint density at radius 3 is 2.44 bits per heavy atom. The molecule has 1 unspecified atom stereocenters. The lowest BCUT2D eigenvalue weighted by Crippen LogP contribution is -2.42. The summed E-state index contributed by atoms with van der Waals surface area (Å²) in [6.45, 7) is 3.25. The second kappa shape index (κ2) is 10.1. The van der Waals surface area contributed by atoms with Crippen molar-refractivity contribution in [2.45, 2.75) is 64.4 Å². The summed E-state index contributed by atoms with van der Waals surface area (Å²) in [7, 11) is 0. The number of carbonyl (C=O) groups excluding carboxylic acids is 1. The number of carboxylic acids is 1. The molecule has 8 nitrogen and oxygen atoms in total. The van der Waals surface area contributed by atoms with Crippen LogP contribution in [0, 0.1) is 6.92 Å². The summed E-state index contributed by atoms with van der Waals surface area (Å²) >= 11 is 0. The molecule has 140 valence electrons. The molecule has 8 heteroatoms. The molecule has 1 amide bonds. The van der Waals surface area contributed by atoms with Crippen LogP contribution in [0.5, 0.6) is 0 Å². The molecule has 1 aliphatic rings. The lowest BCUT2D eigenvalue weighted by Gasteiger charge is -2.31. The van der Waals surface area contributed by atoms with Gasteiger partial charge in [-0.05, 0) is 12.8 Å². The Morgan fingerprint density at radius 2 is 1.80 bits per heavy atom. The highest BCUT2D eigenvalue weighted by Crippen LogP contribution is 2.22. The maximum absolute atomic E-state index is 12.3. The van der Waals surface area contributed by atoms with Crippen molar-refractivity contribution in [2.24, 2.45) is 0 Å². The van der Waals surface area contributed by atoms with Crippen molar-refractivity contribution in [2.75, 3.05) is 19.7 Å². The first-order chi connectivity index (χ1) is 12.1. The Bertz CT molecular complexity index is 560. The molecule has 1 N–H and O–H groups in total. The van der Waals surface area contributed by atoms with E-state index in [1.165, 1.54) is 0 Å². The van der Waals surface area contributed by atoms with E-state index in [1.54, 1.807) is 11.8 Å². The van der Waals surface area contributed by atoms with Gasteiger partial charge in [0.15, 0.2) is 6.10 Å². The number of rotatable bonds is 10. The number of amides is 1. The predicted octanol–water partition coefficient (Wildman–Crippen LogP) is 2.48. The van der Waals surface area contributed by atoms with E-state index in [9.17, 15) is 9.59 Å². The molecule has 2 heterocycles. The average molecular weight is 353 g/mol. The molecular formula is C17H27N3O5. The SMILES string of the molecule is Cc1nnc(C2CN(C(=O)CCCCCCCCC(=O)O)CCO2)o1. The zero-order chi connectivity index (χ0) is 18.1. The molecule has 0 aromatic carbocycles. The normalized spacial score (nSPS) is 17.6. The maximum atomic E-state index is 12.3. The van der Waals surface area contributed by atoms with Crippen molar-refractivity contribution in [1.82, 2.24) is 15.1 Å². The summed E-state index contributed by atoms with van der Waals surface area (Å²) in [6, 6.07) is 0. The van der Waals surface area contributed by atoms with E-state index in [0.717, 1.165) is 38.5 Å². The Kier molecular flexibility index (Phi) is 7.84. The number of carboxylic acid groups (broad SMARTS) is 1. The van der Waals surface area contributed by atoms with E-state index in [2.05, 4.69) is 10.2 Å². The number of morpholine rings is 1. The van der Waals surface area contributed by atoms with Crippen LogP contribution in [0.25, 0.3) is 0 Å². The van der Waals surface area contributed by atoms with Crippen molar-refractivity contribution in [3.05, 3.63) is 11.8 Å². The van der Waals surface area contributed by atoms with Crippen molar-refractivity contribution in [3.63, 3.8) is 0 Å². The topological polar surface area (TPSA) is 106 Å². The summed E-state index contributed by atoms with van der Waals surface area (Å²) in [4.78, 5) is 24.5. The third kappa shape index (κ3) is 6.81. The van der Waals surface area contributed by atoms with Crippen LogP contribution < -0.4 is 0 Å². The van der Waals surface area contributed by atoms with Crippen molar-refractivity contribution in [3.8, 4) is 0 Å². The molecular weight excluding hydrogens is 326 g/mol. The summed E-state index contributed by atoms with van der Waals surface area (Å²) < 4.78 is 11.0. The quantitative estimate of drug-likeness (QED) is 0.644. The summed E-state index contributed by atoms with van der Waals surface area (Å²) in [5.74, 6) is 0.322. The zero-order valence-corrected chi connectivity index (χ0v) is 14.8. The second-order valence-electron chi connectivity index (χ2n) is 6.37. The van der Waals surface area contributed by atoms with E-state index >= 15 is 0 Å². The molecule has 1 fully saturated rings. The fourth-order valence-corrected chi connectivity index (χ4v) is 2.88. The van der Waals surface area contributed by atoms with Crippen LogP contribution in [0.4, 0.5) is 0 Å². The van der Waals surface area contributed by atoms with Gasteiger partial charge in [0.2, 0.25) is 17.7 Å². The van der Waals surface area contributed by atoms with Crippen LogP contribution in [-0.2, 0) is 14.3 Å². The first-order valence-corrected chi connectivity index (χ1v) is 8.97. The van der Waals surface area contributed by atoms with Gasteiger partial charge in [0.05, 0.1) is 13.2 Å². The minimum Gasteiger partial charge on any atom is -0.481 e. The summed E-state index contributed by atoms with van der Waals surface area (Å²) in [5, 5.41) is 16.3. The molecule has 1 atom stereocenters. The van der Waals surface area contributed by atoms with Gasteiger partial charge in [-0.1, -0.05) is 25.7 Å². The van der Waals surface area contributed by atoms with Crippen LogP contribution in [-0.4, -0.2) is 51.8 Å². The fraction of sp³-hybridized carbons (Fsp3) is 0.765. The zero-order valence-electron chi connectivity index (χ0n) is 14.8. The average Bonchev–Trinajstić information content (AvgIpc) is 3.03. The van der Waals surface area contributed by atoms with Gasteiger partial charge < -0.3 is 19.2 Å². The predicted molar refractivity (Wildman–Crippen MR) is 88.9 cm³/mol. The molecule has 0 aliphatic carbocycles. The molecule has 2 rings (SSSR count). The summed E-state index contributed by atoms with van der Waals surface area (Å²) in [6.07, 6.45) is 6.04. The summed E-state index contributed by atoms with van der Waals surface area (Å²) in [5.41, 5.74) is 0. The number of hydrogen-bond acceptors (Lipinski definition) is 6. The van der Waals surface area contributed by atoms with E-state index in [4.69, 9.17) is 14.3 Å². The number of nitrogens with zero attached hydrogens (tertiary/aromatic N) is 3. The molecule has 25 heavy (non-hydrogen) atoms. The number of aromatic nitrogens is 2. The van der Waals surface area contributed by atoms with Gasteiger partial charge in [-0.25, -0.2) is 0 Å². The van der Waals surface area contributed by atoms with Gasteiger partial charge in [0, 0.05) is 26.3 Å². The van der Waals surface area contributed by atoms with Gasteiger partial charge in [-0.2, -0.15) is 0 Å². The van der Waals surface area contributed by atoms with Crippen LogP contribution >= 0.6 is 0 Å². The van der Waals surface area contributed by atoms with Crippen LogP contribution in [0.2, 0.25) is 0 Å². The molecule has 1 saturated heterocycles. The number of aliphatic carboxylic acids is 1. The van der Waals surface area contributed by atoms with Gasteiger partial charge in [-0.15, -0.1) is 10.2 Å². The first-order valence-electron chi connectivity index (χ1n) is 8.97. The molecule has 1 aromatic rings. The van der Waals surface area contributed by atoms with Crippen LogP contribution in [0.15, 0.2) is 4.42 Å². The van der Waals surface area contributed by atoms with Crippen molar-refractivity contribution < 1.29 is 23.8 Å². The minimum absolute atomic E-state index is 0.135. The fourth-order valence-electron chi connectivity index (χ4n) is 2.88. The van der Waals surface area contributed by atoms with E-state index in [1.807, 2.05) is 0 Å². The van der Waals surface area contributed by atoms with Gasteiger partial charge in [0.25, 0.3) is 0 Å².